The lowest BCUT2D eigenvalue weighted by Gasteiger charge is -2.21. The molecular weight excluding hydrogens is 439 g/mol. The fourth-order valence-electron chi connectivity index (χ4n) is 2.93. The summed E-state index contributed by atoms with van der Waals surface area (Å²) in [5, 5.41) is 2.04. The van der Waals surface area contributed by atoms with Crippen molar-refractivity contribution in [1.29, 1.82) is 0 Å². The molecule has 0 aliphatic carbocycles. The highest BCUT2D eigenvalue weighted by molar-refractivity contribution is 7.89. The van der Waals surface area contributed by atoms with Crippen molar-refractivity contribution in [3.63, 3.8) is 0 Å². The molecule has 0 unspecified atom stereocenters. The molecule has 0 aliphatic rings. The van der Waals surface area contributed by atoms with Crippen molar-refractivity contribution < 1.29 is 30.8 Å². The minimum absolute atomic E-state index is 0.0488. The second-order valence-electron chi connectivity index (χ2n) is 6.67. The molecule has 0 radical (unpaired) electrons. The van der Waals surface area contributed by atoms with E-state index in [2.05, 4.69) is 0 Å². The minimum Gasteiger partial charge on any atom is -0.408 e. The van der Waals surface area contributed by atoms with Gasteiger partial charge in [0.1, 0.15) is 0 Å². The number of amides is 1. The number of oxazole rings is 1. The number of anilines is 1. The Morgan fingerprint density at radius 2 is 1.87 bits per heavy atom. The van der Waals surface area contributed by atoms with Crippen LogP contribution in [0.15, 0.2) is 44.4 Å². The maximum absolute atomic E-state index is 13.8. The molecule has 0 bridgehead atoms. The van der Waals surface area contributed by atoms with Crippen LogP contribution in [-0.2, 0) is 21.9 Å². The van der Waals surface area contributed by atoms with Crippen molar-refractivity contribution in [2.45, 2.75) is 18.2 Å². The summed E-state index contributed by atoms with van der Waals surface area (Å²) in [4.78, 5) is 23.7. The summed E-state index contributed by atoms with van der Waals surface area (Å²) in [6.45, 7) is 0.938. The Morgan fingerprint density at radius 3 is 2.55 bits per heavy atom. The fraction of sp³-hybridized carbons (Fsp3) is 0.263. The first-order valence-corrected chi connectivity index (χ1v) is 10.5. The fourth-order valence-corrected chi connectivity index (χ4v) is 4.43. The summed E-state index contributed by atoms with van der Waals surface area (Å²) in [6, 6.07) is 5.30. The number of hydrogen-bond donors (Lipinski definition) is 1. The third kappa shape index (κ3) is 4.35. The predicted molar refractivity (Wildman–Crippen MR) is 105 cm³/mol. The highest BCUT2D eigenvalue weighted by atomic mass is 32.2. The van der Waals surface area contributed by atoms with E-state index in [9.17, 15) is 31.2 Å². The second kappa shape index (κ2) is 8.55. The smallest absolute Gasteiger partial charge is 0.408 e. The summed E-state index contributed by atoms with van der Waals surface area (Å²) >= 11 is 0. The van der Waals surface area contributed by atoms with E-state index in [4.69, 9.17) is 4.42 Å². The van der Waals surface area contributed by atoms with Gasteiger partial charge in [0.15, 0.2) is 23.0 Å². The average Bonchev–Trinajstić information content (AvgIpc) is 3.01. The number of hydrogen-bond acceptors (Lipinski definition) is 5. The number of fused-ring (bicyclic) bond motifs is 1. The Morgan fingerprint density at radius 1 is 1.16 bits per heavy atom. The van der Waals surface area contributed by atoms with Gasteiger partial charge in [0, 0.05) is 19.7 Å². The van der Waals surface area contributed by atoms with Crippen LogP contribution in [0.25, 0.3) is 11.1 Å². The van der Waals surface area contributed by atoms with Gasteiger partial charge in [-0.1, -0.05) is 6.92 Å². The van der Waals surface area contributed by atoms with E-state index in [0.717, 1.165) is 10.4 Å². The van der Waals surface area contributed by atoms with Gasteiger partial charge in [0.05, 0.1) is 22.6 Å². The number of aryl methyl sites for hydroxylation is 1. The second-order valence-corrected chi connectivity index (χ2v) is 8.60. The van der Waals surface area contributed by atoms with Gasteiger partial charge in [0.25, 0.3) is 0 Å². The molecule has 8 nitrogen and oxygen atoms in total. The zero-order chi connectivity index (χ0) is 22.9. The first-order valence-electron chi connectivity index (χ1n) is 9.09. The highest BCUT2D eigenvalue weighted by Crippen LogP contribution is 2.23. The van der Waals surface area contributed by atoms with Crippen molar-refractivity contribution in [3.05, 3.63) is 58.3 Å². The summed E-state index contributed by atoms with van der Waals surface area (Å²) in [5.41, 5.74) is -0.180. The largest absolute Gasteiger partial charge is 0.419 e. The summed E-state index contributed by atoms with van der Waals surface area (Å²) in [7, 11) is -2.73. The van der Waals surface area contributed by atoms with Gasteiger partial charge < -0.3 is 9.73 Å². The van der Waals surface area contributed by atoms with E-state index in [1.165, 1.54) is 29.8 Å². The molecule has 1 N–H and O–H groups in total. The first kappa shape index (κ1) is 22.6. The number of sulfonamides is 1. The molecule has 31 heavy (non-hydrogen) atoms. The molecule has 0 saturated carbocycles. The molecule has 1 aromatic heterocycles. The molecule has 0 spiro atoms. The van der Waals surface area contributed by atoms with Crippen molar-refractivity contribution in [1.82, 2.24) is 8.87 Å². The number of benzene rings is 2. The van der Waals surface area contributed by atoms with Gasteiger partial charge >= 0.3 is 5.76 Å². The lowest BCUT2D eigenvalue weighted by molar-refractivity contribution is -0.116. The first-order chi connectivity index (χ1) is 14.6. The Balaban J connectivity index is 1.87. The molecule has 0 atom stereocenters. The Labute approximate surface area is 174 Å². The minimum atomic E-state index is -4.20. The van der Waals surface area contributed by atoms with Crippen molar-refractivity contribution in [2.24, 2.45) is 7.05 Å². The van der Waals surface area contributed by atoms with Crippen LogP contribution >= 0.6 is 0 Å². The molecular formula is C19H18F3N3O5S. The zero-order valence-corrected chi connectivity index (χ0v) is 17.3. The molecule has 1 amide bonds. The van der Waals surface area contributed by atoms with Gasteiger partial charge in [-0.25, -0.2) is 26.4 Å². The van der Waals surface area contributed by atoms with Crippen LogP contribution in [-0.4, -0.2) is 36.3 Å². The number of halogens is 3. The van der Waals surface area contributed by atoms with Crippen LogP contribution in [0.1, 0.15) is 13.3 Å². The van der Waals surface area contributed by atoms with Crippen LogP contribution in [0.2, 0.25) is 0 Å². The summed E-state index contributed by atoms with van der Waals surface area (Å²) in [5.74, 6) is -6.39. The molecule has 2 aromatic carbocycles. The summed E-state index contributed by atoms with van der Waals surface area (Å²) in [6.07, 6.45) is 0.356. The molecule has 0 fully saturated rings. The van der Waals surface area contributed by atoms with E-state index in [0.29, 0.717) is 18.0 Å². The number of nitrogens with one attached hydrogen (secondary N) is 1. The van der Waals surface area contributed by atoms with Gasteiger partial charge in [-0.15, -0.1) is 0 Å². The molecule has 0 saturated heterocycles. The van der Waals surface area contributed by atoms with E-state index in [1.54, 1.807) is 6.92 Å². The molecule has 3 rings (SSSR count). The van der Waals surface area contributed by atoms with Crippen LogP contribution in [0, 0.1) is 17.5 Å². The van der Waals surface area contributed by atoms with Crippen molar-refractivity contribution in [2.75, 3.05) is 18.4 Å². The lowest BCUT2D eigenvalue weighted by atomic mass is 10.2. The standard InChI is InChI=1S/C19H18F3N3O5S/c1-3-8-25(10-16(26)23-13-6-5-12(20)17(21)18(13)22)31(28,29)11-4-7-14-15(9-11)30-19(27)24(14)2/h4-7,9H,3,8,10H2,1-2H3,(H,23,26). The lowest BCUT2D eigenvalue weighted by Crippen LogP contribution is -2.38. The number of nitrogens with zero attached hydrogens (tertiary/aromatic N) is 2. The van der Waals surface area contributed by atoms with Gasteiger partial charge in [0.2, 0.25) is 15.9 Å². The van der Waals surface area contributed by atoms with E-state index in [-0.39, 0.29) is 17.0 Å². The maximum Gasteiger partial charge on any atom is 0.419 e. The van der Waals surface area contributed by atoms with Crippen LogP contribution in [0.3, 0.4) is 0 Å². The van der Waals surface area contributed by atoms with Gasteiger partial charge in [-0.2, -0.15) is 4.31 Å². The SMILES string of the molecule is CCCN(CC(=O)Nc1ccc(F)c(F)c1F)S(=O)(=O)c1ccc2c(c1)oc(=O)n2C. The normalized spacial score (nSPS) is 11.9. The number of rotatable bonds is 7. The third-order valence-corrected chi connectivity index (χ3v) is 6.34. The zero-order valence-electron chi connectivity index (χ0n) is 16.5. The van der Waals surface area contributed by atoms with Gasteiger partial charge in [-0.3, -0.25) is 9.36 Å². The number of aromatic nitrogens is 1. The van der Waals surface area contributed by atoms with E-state index >= 15 is 0 Å². The summed E-state index contributed by atoms with van der Waals surface area (Å²) < 4.78 is 73.3. The Hall–Kier alpha value is -3.12. The van der Waals surface area contributed by atoms with Crippen LogP contribution in [0.4, 0.5) is 18.9 Å². The molecule has 12 heteroatoms. The van der Waals surface area contributed by atoms with Crippen LogP contribution in [0.5, 0.6) is 0 Å². The predicted octanol–water partition coefficient (Wildman–Crippen LogP) is 2.59. The van der Waals surface area contributed by atoms with Crippen molar-refractivity contribution in [3.8, 4) is 0 Å². The molecule has 166 valence electrons. The quantitative estimate of drug-likeness (QED) is 0.550. The van der Waals surface area contributed by atoms with E-state index in [1.807, 2.05) is 5.32 Å². The maximum atomic E-state index is 13.8. The average molecular weight is 457 g/mol. The van der Waals surface area contributed by atoms with Gasteiger partial charge in [-0.05, 0) is 30.7 Å². The monoisotopic (exact) mass is 457 g/mol. The molecule has 3 aromatic rings. The van der Waals surface area contributed by atoms with Crippen LogP contribution < -0.4 is 11.1 Å². The molecule has 0 aliphatic heterocycles. The number of carbonyl (C=O) groups is 1. The highest BCUT2D eigenvalue weighted by Gasteiger charge is 2.27. The Bertz CT molecular complexity index is 1320. The molecule has 1 heterocycles. The topological polar surface area (TPSA) is 102 Å². The Kier molecular flexibility index (Phi) is 6.23. The third-order valence-electron chi connectivity index (χ3n) is 4.50. The number of carbonyl (C=O) groups excluding carboxylic acids is 1. The van der Waals surface area contributed by atoms with E-state index < -0.39 is 51.4 Å². The van der Waals surface area contributed by atoms with Crippen molar-refractivity contribution >= 4 is 32.7 Å².